The number of halogens is 1. The lowest BCUT2D eigenvalue weighted by Crippen LogP contribution is -2.35. The van der Waals surface area contributed by atoms with Gasteiger partial charge in [-0.3, -0.25) is 9.10 Å². The van der Waals surface area contributed by atoms with E-state index in [1.807, 2.05) is 12.1 Å². The lowest BCUT2D eigenvalue weighted by molar-refractivity contribution is -0.137. The Labute approximate surface area is 174 Å². The predicted molar refractivity (Wildman–Crippen MR) is 110 cm³/mol. The summed E-state index contributed by atoms with van der Waals surface area (Å²) < 4.78 is 32.9. The minimum Gasteiger partial charge on any atom is -0.449 e. The summed E-state index contributed by atoms with van der Waals surface area (Å²) in [6.07, 6.45) is -0.405. The first-order valence-electron chi connectivity index (χ1n) is 8.95. The van der Waals surface area contributed by atoms with E-state index < -0.39 is 22.1 Å². The number of esters is 1. The Balaban J connectivity index is 1.92. The maximum atomic E-state index is 13.2. The fraction of sp³-hybridized carbons (Fsp3) is 0.300. The first kappa shape index (κ1) is 21.1. The second kappa shape index (κ2) is 8.04. The van der Waals surface area contributed by atoms with Crippen LogP contribution in [0.4, 0.5) is 5.69 Å². The first-order chi connectivity index (χ1) is 13.6. The van der Waals surface area contributed by atoms with E-state index >= 15 is 0 Å². The van der Waals surface area contributed by atoms with Crippen molar-refractivity contribution in [3.05, 3.63) is 58.6 Å². The Morgan fingerprint density at radius 1 is 1.17 bits per heavy atom. The van der Waals surface area contributed by atoms with E-state index in [4.69, 9.17) is 16.3 Å². The van der Waals surface area contributed by atoms with Crippen LogP contribution in [0.25, 0.3) is 0 Å². The Morgan fingerprint density at radius 2 is 1.86 bits per heavy atom. The molecule has 0 unspecified atom stereocenters. The van der Waals surface area contributed by atoms with E-state index in [1.165, 1.54) is 34.3 Å². The van der Waals surface area contributed by atoms with Crippen molar-refractivity contribution in [3.63, 3.8) is 0 Å². The molecule has 154 valence electrons. The topological polar surface area (TPSA) is 84.0 Å². The second-order valence-electron chi connectivity index (χ2n) is 6.88. The molecule has 2 aromatic rings. The van der Waals surface area contributed by atoms with Crippen LogP contribution in [0.1, 0.15) is 22.8 Å². The van der Waals surface area contributed by atoms with Gasteiger partial charge in [-0.15, -0.1) is 0 Å². The Kier molecular flexibility index (Phi) is 5.86. The van der Waals surface area contributed by atoms with Gasteiger partial charge in [0.1, 0.15) is 4.90 Å². The minimum atomic E-state index is -3.98. The number of rotatable bonds is 5. The number of sulfonamides is 1. The largest absolute Gasteiger partial charge is 0.449 e. The standard InChI is InChI=1S/C20H21ClN2O5S/c1-13(19(24)22(2)3)28-20(25)15-8-9-16(21)18(12-15)29(26,27)23-11-10-14-6-4-5-7-17(14)23/h4-9,12-13H,10-11H2,1-3H3/t13-/m1/s1. The molecule has 2 aromatic carbocycles. The summed E-state index contributed by atoms with van der Waals surface area (Å²) >= 11 is 6.17. The van der Waals surface area contributed by atoms with Crippen LogP contribution >= 0.6 is 11.6 Å². The summed E-state index contributed by atoms with van der Waals surface area (Å²) in [5.74, 6) is -1.18. The van der Waals surface area contributed by atoms with Crippen molar-refractivity contribution in [3.8, 4) is 0 Å². The van der Waals surface area contributed by atoms with Crippen LogP contribution in [-0.2, 0) is 26.0 Å². The number of carbonyl (C=O) groups excluding carboxylic acids is 2. The van der Waals surface area contributed by atoms with E-state index in [-0.39, 0.29) is 21.4 Å². The molecule has 1 aliphatic heterocycles. The average molecular weight is 437 g/mol. The molecule has 0 spiro atoms. The molecule has 0 N–H and O–H groups in total. The van der Waals surface area contributed by atoms with Crippen LogP contribution in [0.15, 0.2) is 47.4 Å². The Bertz CT molecular complexity index is 1070. The summed E-state index contributed by atoms with van der Waals surface area (Å²) in [7, 11) is -0.880. The molecule has 3 rings (SSSR count). The number of likely N-dealkylation sites (N-methyl/N-ethyl adjacent to an activating group) is 1. The summed E-state index contributed by atoms with van der Waals surface area (Å²) in [5, 5.41) is 0.00310. The third-order valence-corrected chi connectivity index (χ3v) is 6.95. The van der Waals surface area contributed by atoms with Gasteiger partial charge in [0.2, 0.25) is 0 Å². The van der Waals surface area contributed by atoms with Crippen molar-refractivity contribution in [2.45, 2.75) is 24.3 Å². The zero-order chi connectivity index (χ0) is 21.3. The summed E-state index contributed by atoms with van der Waals surface area (Å²) in [5.41, 5.74) is 1.53. The van der Waals surface area contributed by atoms with Gasteiger partial charge < -0.3 is 9.64 Å². The van der Waals surface area contributed by atoms with Gasteiger partial charge in [0.15, 0.2) is 6.10 Å². The SMILES string of the molecule is C[C@@H](OC(=O)c1ccc(Cl)c(S(=O)(=O)N2CCc3ccccc32)c1)C(=O)N(C)C. The number of ether oxygens (including phenoxy) is 1. The molecule has 0 saturated heterocycles. The molecular weight excluding hydrogens is 416 g/mol. The van der Waals surface area contributed by atoms with Crippen LogP contribution in [0, 0.1) is 0 Å². The minimum absolute atomic E-state index is 0.00105. The van der Waals surface area contributed by atoms with E-state index in [0.717, 1.165) is 5.56 Å². The highest BCUT2D eigenvalue weighted by Gasteiger charge is 2.33. The zero-order valence-corrected chi connectivity index (χ0v) is 17.8. The molecule has 0 saturated carbocycles. The number of anilines is 1. The molecule has 0 bridgehead atoms. The van der Waals surface area contributed by atoms with E-state index in [9.17, 15) is 18.0 Å². The molecule has 0 aromatic heterocycles. The smallest absolute Gasteiger partial charge is 0.338 e. The van der Waals surface area contributed by atoms with Crippen molar-refractivity contribution in [1.29, 1.82) is 0 Å². The molecule has 1 atom stereocenters. The van der Waals surface area contributed by atoms with Crippen LogP contribution < -0.4 is 4.31 Å². The number of para-hydroxylation sites is 1. The molecule has 0 radical (unpaired) electrons. The number of amides is 1. The fourth-order valence-corrected chi connectivity index (χ4v) is 5.15. The summed E-state index contributed by atoms with van der Waals surface area (Å²) in [4.78, 5) is 25.5. The van der Waals surface area contributed by atoms with Crippen LogP contribution in [0.2, 0.25) is 5.02 Å². The third kappa shape index (κ3) is 4.09. The van der Waals surface area contributed by atoms with Crippen molar-refractivity contribution in [2.24, 2.45) is 0 Å². The average Bonchev–Trinajstić information content (AvgIpc) is 3.12. The predicted octanol–water partition coefficient (Wildman–Crippen LogP) is 2.72. The summed E-state index contributed by atoms with van der Waals surface area (Å²) in [6.45, 7) is 1.75. The highest BCUT2D eigenvalue weighted by Crippen LogP contribution is 2.35. The van der Waals surface area contributed by atoms with Crippen molar-refractivity contribution in [1.82, 2.24) is 4.90 Å². The lowest BCUT2D eigenvalue weighted by atomic mass is 10.2. The van der Waals surface area contributed by atoms with Gasteiger partial charge in [0.25, 0.3) is 15.9 Å². The number of hydrogen-bond donors (Lipinski definition) is 0. The Morgan fingerprint density at radius 3 is 2.55 bits per heavy atom. The summed E-state index contributed by atoms with van der Waals surface area (Å²) in [6, 6.07) is 11.1. The van der Waals surface area contributed by atoms with Crippen LogP contribution in [0.3, 0.4) is 0 Å². The van der Waals surface area contributed by atoms with Gasteiger partial charge in [-0.25, -0.2) is 13.2 Å². The van der Waals surface area contributed by atoms with E-state index in [1.54, 1.807) is 26.2 Å². The molecule has 1 amide bonds. The van der Waals surface area contributed by atoms with Crippen molar-refractivity contribution < 1.29 is 22.7 Å². The highest BCUT2D eigenvalue weighted by atomic mass is 35.5. The van der Waals surface area contributed by atoms with E-state index in [2.05, 4.69) is 0 Å². The molecule has 0 fully saturated rings. The van der Waals surface area contributed by atoms with Crippen LogP contribution in [-0.4, -0.2) is 51.9 Å². The van der Waals surface area contributed by atoms with Gasteiger partial charge in [-0.2, -0.15) is 0 Å². The molecule has 29 heavy (non-hydrogen) atoms. The van der Waals surface area contributed by atoms with Gasteiger partial charge in [0, 0.05) is 20.6 Å². The fourth-order valence-electron chi connectivity index (χ4n) is 3.15. The maximum Gasteiger partial charge on any atom is 0.338 e. The molecule has 1 heterocycles. The lowest BCUT2D eigenvalue weighted by Gasteiger charge is -2.21. The van der Waals surface area contributed by atoms with Crippen molar-refractivity contribution in [2.75, 3.05) is 24.9 Å². The molecule has 7 nitrogen and oxygen atoms in total. The van der Waals surface area contributed by atoms with E-state index in [0.29, 0.717) is 18.7 Å². The van der Waals surface area contributed by atoms with Gasteiger partial charge in [-0.05, 0) is 43.2 Å². The number of nitrogens with zero attached hydrogens (tertiary/aromatic N) is 2. The monoisotopic (exact) mass is 436 g/mol. The first-order valence-corrected chi connectivity index (χ1v) is 10.8. The van der Waals surface area contributed by atoms with Crippen LogP contribution in [0.5, 0.6) is 0 Å². The number of hydrogen-bond acceptors (Lipinski definition) is 5. The Hall–Kier alpha value is -2.58. The number of fused-ring (bicyclic) bond motifs is 1. The normalized spacial score (nSPS) is 14.3. The third-order valence-electron chi connectivity index (χ3n) is 4.65. The molecule has 1 aliphatic rings. The molecule has 9 heteroatoms. The van der Waals surface area contributed by atoms with Crippen molar-refractivity contribution >= 4 is 39.2 Å². The number of benzene rings is 2. The molecule has 0 aliphatic carbocycles. The quantitative estimate of drug-likeness (QED) is 0.673. The van der Waals surface area contributed by atoms with Gasteiger partial charge in [-0.1, -0.05) is 29.8 Å². The highest BCUT2D eigenvalue weighted by molar-refractivity contribution is 7.93. The second-order valence-corrected chi connectivity index (χ2v) is 9.12. The number of carbonyl (C=O) groups is 2. The zero-order valence-electron chi connectivity index (χ0n) is 16.3. The van der Waals surface area contributed by atoms with Gasteiger partial charge >= 0.3 is 5.97 Å². The maximum absolute atomic E-state index is 13.2. The van der Waals surface area contributed by atoms with Gasteiger partial charge in [0.05, 0.1) is 16.3 Å². The molecular formula is C20H21ClN2O5S.